The van der Waals surface area contributed by atoms with Crippen LogP contribution in [-0.4, -0.2) is 11.4 Å². The summed E-state index contributed by atoms with van der Waals surface area (Å²) in [6.45, 7) is 13.1. The molecule has 2 nitrogen and oxygen atoms in total. The monoisotopic (exact) mass is 334 g/mol. The summed E-state index contributed by atoms with van der Waals surface area (Å²) >= 11 is 0. The van der Waals surface area contributed by atoms with Crippen LogP contribution in [0.4, 0.5) is 11.4 Å². The molecule has 25 heavy (non-hydrogen) atoms. The quantitative estimate of drug-likeness (QED) is 0.499. The molecular formula is C23H30N2. The number of nitrogens with zero attached hydrogens (tertiary/aromatic N) is 2. The Labute approximate surface area is 152 Å². The predicted molar refractivity (Wildman–Crippen MR) is 111 cm³/mol. The molecular weight excluding hydrogens is 304 g/mol. The van der Waals surface area contributed by atoms with Crippen molar-refractivity contribution in [1.29, 1.82) is 0 Å². The Hall–Kier alpha value is -2.22. The van der Waals surface area contributed by atoms with Gasteiger partial charge in [-0.1, -0.05) is 64.1 Å². The summed E-state index contributed by atoms with van der Waals surface area (Å²) in [7, 11) is 0. The summed E-state index contributed by atoms with van der Waals surface area (Å²) in [6, 6.07) is 16.7. The van der Waals surface area contributed by atoms with Crippen LogP contribution in [0.2, 0.25) is 0 Å². The van der Waals surface area contributed by atoms with Gasteiger partial charge in [0.25, 0.3) is 0 Å². The number of hydrogen-bond acceptors (Lipinski definition) is 2. The summed E-state index contributed by atoms with van der Waals surface area (Å²) in [5.74, 6) is 0.925. The highest BCUT2D eigenvalue weighted by Crippen LogP contribution is 2.35. The Kier molecular flexibility index (Phi) is 6.69. The number of para-hydroxylation sites is 2. The molecule has 0 aliphatic rings. The largest absolute Gasteiger partial charge is 0.258 e. The van der Waals surface area contributed by atoms with E-state index in [1.807, 2.05) is 30.3 Å². The smallest absolute Gasteiger partial charge is 0.0698 e. The molecule has 0 unspecified atom stereocenters. The minimum atomic E-state index is 0.462. The zero-order chi connectivity index (χ0) is 18.4. The highest BCUT2D eigenvalue weighted by molar-refractivity contribution is 6.04. The van der Waals surface area contributed by atoms with Gasteiger partial charge in [0.15, 0.2) is 0 Å². The topological polar surface area (TPSA) is 24.7 Å². The fraction of sp³-hybridized carbons (Fsp3) is 0.391. The lowest BCUT2D eigenvalue weighted by molar-refractivity contribution is 0.834. The van der Waals surface area contributed by atoms with E-state index >= 15 is 0 Å². The number of hydrogen-bond donors (Lipinski definition) is 0. The maximum absolute atomic E-state index is 5.02. The molecule has 132 valence electrons. The average molecular weight is 335 g/mol. The fourth-order valence-corrected chi connectivity index (χ4v) is 3.00. The summed E-state index contributed by atoms with van der Waals surface area (Å²) in [5, 5.41) is 0. The minimum absolute atomic E-state index is 0.462. The first kappa shape index (κ1) is 19.1. The van der Waals surface area contributed by atoms with E-state index in [1.165, 1.54) is 11.1 Å². The lowest BCUT2D eigenvalue weighted by Gasteiger charge is -2.17. The fourth-order valence-electron chi connectivity index (χ4n) is 3.00. The van der Waals surface area contributed by atoms with Crippen LogP contribution in [0, 0.1) is 0 Å². The van der Waals surface area contributed by atoms with Crippen molar-refractivity contribution in [2.45, 2.75) is 59.8 Å². The second-order valence-corrected chi connectivity index (χ2v) is 7.30. The summed E-state index contributed by atoms with van der Waals surface area (Å²) in [6.07, 6.45) is 0.791. The van der Waals surface area contributed by atoms with Crippen LogP contribution in [0.1, 0.15) is 70.9 Å². The van der Waals surface area contributed by atoms with E-state index in [9.17, 15) is 0 Å². The third-order valence-electron chi connectivity index (χ3n) is 4.23. The van der Waals surface area contributed by atoms with Crippen molar-refractivity contribution >= 4 is 22.8 Å². The first-order chi connectivity index (χ1) is 11.9. The Morgan fingerprint density at radius 1 is 0.720 bits per heavy atom. The van der Waals surface area contributed by atoms with E-state index in [-0.39, 0.29) is 0 Å². The van der Waals surface area contributed by atoms with Gasteiger partial charge in [0, 0.05) is 17.8 Å². The SMILES string of the molecule is CC(CC(C)=Nc1c(C(C)C)cccc1C(C)C)=Nc1ccccc1. The summed E-state index contributed by atoms with van der Waals surface area (Å²) in [5.41, 5.74) is 6.98. The lowest BCUT2D eigenvalue weighted by Crippen LogP contribution is -2.02. The van der Waals surface area contributed by atoms with Gasteiger partial charge < -0.3 is 0 Å². The van der Waals surface area contributed by atoms with E-state index in [0.717, 1.165) is 29.2 Å². The van der Waals surface area contributed by atoms with Gasteiger partial charge in [-0.3, -0.25) is 9.98 Å². The predicted octanol–water partition coefficient (Wildman–Crippen LogP) is 7.21. The van der Waals surface area contributed by atoms with Crippen molar-refractivity contribution in [3.63, 3.8) is 0 Å². The highest BCUT2D eigenvalue weighted by atomic mass is 14.8. The van der Waals surface area contributed by atoms with Crippen LogP contribution in [0.3, 0.4) is 0 Å². The van der Waals surface area contributed by atoms with Crippen molar-refractivity contribution in [3.05, 3.63) is 59.7 Å². The normalized spacial score (nSPS) is 13.0. The van der Waals surface area contributed by atoms with Crippen LogP contribution in [0.25, 0.3) is 0 Å². The van der Waals surface area contributed by atoms with Gasteiger partial charge in [0.05, 0.1) is 11.4 Å². The van der Waals surface area contributed by atoms with Crippen LogP contribution >= 0.6 is 0 Å². The van der Waals surface area contributed by atoms with Crippen LogP contribution in [0.15, 0.2) is 58.5 Å². The standard InChI is InChI=1S/C23H30N2/c1-16(2)21-13-10-14-22(17(3)4)23(21)25-19(6)15-18(5)24-20-11-8-7-9-12-20/h7-14,16-17H,15H2,1-6H3. The van der Waals surface area contributed by atoms with Gasteiger partial charge in [0.1, 0.15) is 0 Å². The number of benzene rings is 2. The molecule has 0 amide bonds. The number of rotatable bonds is 6. The Bertz CT molecular complexity index is 727. The van der Waals surface area contributed by atoms with Crippen molar-refractivity contribution in [1.82, 2.24) is 0 Å². The second-order valence-electron chi connectivity index (χ2n) is 7.30. The Morgan fingerprint density at radius 3 is 1.76 bits per heavy atom. The molecule has 0 saturated heterocycles. The molecule has 0 bridgehead atoms. The molecule has 2 aromatic rings. The summed E-state index contributed by atoms with van der Waals surface area (Å²) < 4.78 is 0. The molecule has 2 aromatic carbocycles. The van der Waals surface area contributed by atoms with Crippen molar-refractivity contribution in [3.8, 4) is 0 Å². The summed E-state index contributed by atoms with van der Waals surface area (Å²) in [4.78, 5) is 9.71. The van der Waals surface area contributed by atoms with Crippen molar-refractivity contribution in [2.24, 2.45) is 9.98 Å². The molecule has 0 spiro atoms. The minimum Gasteiger partial charge on any atom is -0.258 e. The Balaban J connectivity index is 2.31. The maximum atomic E-state index is 5.02. The molecule has 0 aromatic heterocycles. The first-order valence-electron chi connectivity index (χ1n) is 9.14. The lowest BCUT2D eigenvalue weighted by atomic mass is 9.93. The van der Waals surface area contributed by atoms with E-state index in [1.54, 1.807) is 0 Å². The molecule has 0 radical (unpaired) electrons. The van der Waals surface area contributed by atoms with E-state index in [4.69, 9.17) is 9.98 Å². The molecule has 0 heterocycles. The third kappa shape index (κ3) is 5.38. The van der Waals surface area contributed by atoms with Crippen LogP contribution in [-0.2, 0) is 0 Å². The molecule has 0 aliphatic carbocycles. The maximum Gasteiger partial charge on any atom is 0.0698 e. The average Bonchev–Trinajstić information content (AvgIpc) is 2.55. The third-order valence-corrected chi connectivity index (χ3v) is 4.23. The molecule has 0 fully saturated rings. The molecule has 0 N–H and O–H groups in total. The zero-order valence-corrected chi connectivity index (χ0v) is 16.4. The van der Waals surface area contributed by atoms with Gasteiger partial charge in [-0.2, -0.15) is 0 Å². The van der Waals surface area contributed by atoms with Crippen LogP contribution in [0.5, 0.6) is 0 Å². The molecule has 0 atom stereocenters. The molecule has 0 aliphatic heterocycles. The van der Waals surface area contributed by atoms with E-state index in [2.05, 4.69) is 59.7 Å². The Morgan fingerprint density at radius 2 is 1.24 bits per heavy atom. The first-order valence-corrected chi connectivity index (χ1v) is 9.14. The zero-order valence-electron chi connectivity index (χ0n) is 16.4. The van der Waals surface area contributed by atoms with E-state index in [0.29, 0.717) is 11.8 Å². The van der Waals surface area contributed by atoms with Crippen LogP contribution < -0.4 is 0 Å². The molecule has 2 heteroatoms. The number of aliphatic imine (C=N–C) groups is 2. The second kappa shape index (κ2) is 8.75. The van der Waals surface area contributed by atoms with Gasteiger partial charge in [-0.25, -0.2) is 0 Å². The van der Waals surface area contributed by atoms with Crippen molar-refractivity contribution < 1.29 is 0 Å². The highest BCUT2D eigenvalue weighted by Gasteiger charge is 2.13. The molecule has 0 saturated carbocycles. The van der Waals surface area contributed by atoms with Gasteiger partial charge in [-0.05, 0) is 48.9 Å². The van der Waals surface area contributed by atoms with Crippen molar-refractivity contribution in [2.75, 3.05) is 0 Å². The molecule has 2 rings (SSSR count). The van der Waals surface area contributed by atoms with Gasteiger partial charge in [-0.15, -0.1) is 0 Å². The van der Waals surface area contributed by atoms with E-state index < -0.39 is 0 Å². The van der Waals surface area contributed by atoms with Gasteiger partial charge in [0.2, 0.25) is 0 Å². The van der Waals surface area contributed by atoms with Gasteiger partial charge >= 0.3 is 0 Å².